The Morgan fingerprint density at radius 2 is 1.38 bits per heavy atom. The average molecular weight is 276 g/mol. The van der Waals surface area contributed by atoms with Gasteiger partial charge in [0.1, 0.15) is 0 Å². The molecule has 1 heterocycles. The minimum atomic E-state index is 0.0376. The highest BCUT2D eigenvalue weighted by molar-refractivity contribution is 5.60. The van der Waals surface area contributed by atoms with E-state index >= 15 is 0 Å². The molecule has 0 atom stereocenters. The molecule has 0 unspecified atom stereocenters. The molecule has 0 N–H and O–H groups in total. The van der Waals surface area contributed by atoms with Crippen LogP contribution in [0.4, 0.5) is 0 Å². The van der Waals surface area contributed by atoms with Gasteiger partial charge in [0.05, 0.1) is 17.1 Å². The standard InChI is InChI=1S/C19H20N2/c1-19(2,3)18-14-17(15-10-6-4-7-11-15)20-21(18)16-12-8-5-9-13-16/h4-14H,1-3H3. The maximum Gasteiger partial charge on any atom is 0.0930 e. The molecular formula is C19H20N2. The van der Waals surface area contributed by atoms with E-state index in [4.69, 9.17) is 5.10 Å². The second-order valence-corrected chi connectivity index (χ2v) is 6.28. The third-order valence-electron chi connectivity index (χ3n) is 3.55. The molecule has 2 aromatic carbocycles. The largest absolute Gasteiger partial charge is 0.237 e. The van der Waals surface area contributed by atoms with E-state index in [1.807, 2.05) is 36.4 Å². The van der Waals surface area contributed by atoms with Crippen LogP contribution in [0.15, 0.2) is 66.7 Å². The fraction of sp³-hybridized carbons (Fsp3) is 0.211. The Balaban J connectivity index is 2.17. The van der Waals surface area contributed by atoms with Gasteiger partial charge in [-0.25, -0.2) is 4.68 Å². The van der Waals surface area contributed by atoms with Crippen LogP contribution in [0, 0.1) is 0 Å². The minimum absolute atomic E-state index is 0.0376. The summed E-state index contributed by atoms with van der Waals surface area (Å²) in [5, 5.41) is 4.83. The minimum Gasteiger partial charge on any atom is -0.237 e. The lowest BCUT2D eigenvalue weighted by atomic mass is 9.91. The van der Waals surface area contributed by atoms with E-state index in [9.17, 15) is 0 Å². The van der Waals surface area contributed by atoms with Crippen molar-refractivity contribution in [2.24, 2.45) is 0 Å². The molecule has 1 aromatic heterocycles. The summed E-state index contributed by atoms with van der Waals surface area (Å²) in [4.78, 5) is 0. The van der Waals surface area contributed by atoms with Gasteiger partial charge in [-0.05, 0) is 18.2 Å². The van der Waals surface area contributed by atoms with E-state index < -0.39 is 0 Å². The predicted octanol–water partition coefficient (Wildman–Crippen LogP) is 4.84. The molecule has 2 heteroatoms. The number of nitrogens with zero attached hydrogens (tertiary/aromatic N) is 2. The van der Waals surface area contributed by atoms with Crippen molar-refractivity contribution < 1.29 is 0 Å². The zero-order valence-corrected chi connectivity index (χ0v) is 12.7. The summed E-state index contributed by atoms with van der Waals surface area (Å²) in [6.45, 7) is 6.66. The van der Waals surface area contributed by atoms with Gasteiger partial charge in [-0.2, -0.15) is 5.10 Å². The molecule has 0 aliphatic heterocycles. The fourth-order valence-electron chi connectivity index (χ4n) is 2.43. The Bertz CT molecular complexity index is 719. The molecular weight excluding hydrogens is 256 g/mol. The fourth-order valence-corrected chi connectivity index (χ4v) is 2.43. The van der Waals surface area contributed by atoms with Gasteiger partial charge < -0.3 is 0 Å². The number of hydrogen-bond donors (Lipinski definition) is 0. The molecule has 106 valence electrons. The second kappa shape index (κ2) is 5.21. The number of rotatable bonds is 2. The van der Waals surface area contributed by atoms with Crippen LogP contribution in [-0.4, -0.2) is 9.78 Å². The van der Waals surface area contributed by atoms with E-state index in [1.54, 1.807) is 0 Å². The summed E-state index contributed by atoms with van der Waals surface area (Å²) in [5.74, 6) is 0. The topological polar surface area (TPSA) is 17.8 Å². The third kappa shape index (κ3) is 2.75. The van der Waals surface area contributed by atoms with Crippen LogP contribution in [0.25, 0.3) is 16.9 Å². The van der Waals surface area contributed by atoms with E-state index in [2.05, 4.69) is 55.8 Å². The molecule has 3 rings (SSSR count). The zero-order valence-electron chi connectivity index (χ0n) is 12.7. The van der Waals surface area contributed by atoms with Crippen LogP contribution in [0.1, 0.15) is 26.5 Å². The number of benzene rings is 2. The first-order valence-electron chi connectivity index (χ1n) is 7.27. The first-order chi connectivity index (χ1) is 10.1. The van der Waals surface area contributed by atoms with Crippen molar-refractivity contribution in [2.75, 3.05) is 0 Å². The third-order valence-corrected chi connectivity index (χ3v) is 3.55. The summed E-state index contributed by atoms with van der Waals surface area (Å²) in [6, 6.07) is 22.8. The lowest BCUT2D eigenvalue weighted by molar-refractivity contribution is 0.544. The molecule has 0 spiro atoms. The van der Waals surface area contributed by atoms with E-state index in [1.165, 1.54) is 5.69 Å². The molecule has 0 bridgehead atoms. The summed E-state index contributed by atoms with van der Waals surface area (Å²) in [7, 11) is 0. The summed E-state index contributed by atoms with van der Waals surface area (Å²) in [5.41, 5.74) is 4.52. The highest BCUT2D eigenvalue weighted by Crippen LogP contribution is 2.29. The van der Waals surface area contributed by atoms with Crippen LogP contribution in [0.2, 0.25) is 0 Å². The van der Waals surface area contributed by atoms with Crippen molar-refractivity contribution in [1.82, 2.24) is 9.78 Å². The van der Waals surface area contributed by atoms with Gasteiger partial charge in [-0.1, -0.05) is 69.3 Å². The lowest BCUT2D eigenvalue weighted by Crippen LogP contribution is -2.17. The van der Waals surface area contributed by atoms with Crippen molar-refractivity contribution >= 4 is 0 Å². The highest BCUT2D eigenvalue weighted by atomic mass is 15.3. The van der Waals surface area contributed by atoms with Gasteiger partial charge >= 0.3 is 0 Å². The molecule has 0 saturated heterocycles. The highest BCUT2D eigenvalue weighted by Gasteiger charge is 2.22. The first kappa shape index (κ1) is 13.6. The Morgan fingerprint density at radius 1 is 0.810 bits per heavy atom. The van der Waals surface area contributed by atoms with Crippen LogP contribution < -0.4 is 0 Å². The molecule has 0 amide bonds. The van der Waals surface area contributed by atoms with Crippen molar-refractivity contribution in [2.45, 2.75) is 26.2 Å². The van der Waals surface area contributed by atoms with Gasteiger partial charge in [0.2, 0.25) is 0 Å². The molecule has 3 aromatic rings. The molecule has 0 fully saturated rings. The molecule has 0 radical (unpaired) electrons. The van der Waals surface area contributed by atoms with Crippen molar-refractivity contribution in [1.29, 1.82) is 0 Å². The van der Waals surface area contributed by atoms with E-state index in [0.29, 0.717) is 0 Å². The van der Waals surface area contributed by atoms with E-state index in [0.717, 1.165) is 16.9 Å². The summed E-state index contributed by atoms with van der Waals surface area (Å²) >= 11 is 0. The van der Waals surface area contributed by atoms with Crippen molar-refractivity contribution in [3.05, 3.63) is 72.4 Å². The number of para-hydroxylation sites is 1. The second-order valence-electron chi connectivity index (χ2n) is 6.28. The molecule has 0 aliphatic rings. The predicted molar refractivity (Wildman–Crippen MR) is 87.7 cm³/mol. The monoisotopic (exact) mass is 276 g/mol. The number of aromatic nitrogens is 2. The first-order valence-corrected chi connectivity index (χ1v) is 7.27. The Labute approximate surface area is 126 Å². The SMILES string of the molecule is CC(C)(C)c1cc(-c2ccccc2)nn1-c1ccccc1. The lowest BCUT2D eigenvalue weighted by Gasteiger charge is -2.20. The van der Waals surface area contributed by atoms with Gasteiger partial charge in [-0.15, -0.1) is 0 Å². The molecule has 2 nitrogen and oxygen atoms in total. The average Bonchev–Trinajstić information content (AvgIpc) is 2.94. The van der Waals surface area contributed by atoms with E-state index in [-0.39, 0.29) is 5.41 Å². The quantitative estimate of drug-likeness (QED) is 0.655. The Morgan fingerprint density at radius 3 is 1.95 bits per heavy atom. The molecule has 0 aliphatic carbocycles. The van der Waals surface area contributed by atoms with Crippen LogP contribution in [0.3, 0.4) is 0 Å². The van der Waals surface area contributed by atoms with Gasteiger partial charge in [-0.3, -0.25) is 0 Å². The van der Waals surface area contributed by atoms with Gasteiger partial charge in [0.25, 0.3) is 0 Å². The maximum atomic E-state index is 4.83. The summed E-state index contributed by atoms with van der Waals surface area (Å²) < 4.78 is 2.06. The Kier molecular flexibility index (Phi) is 3.38. The molecule has 0 saturated carbocycles. The van der Waals surface area contributed by atoms with Gasteiger partial charge in [0.15, 0.2) is 0 Å². The number of hydrogen-bond acceptors (Lipinski definition) is 1. The molecule has 21 heavy (non-hydrogen) atoms. The van der Waals surface area contributed by atoms with Crippen LogP contribution >= 0.6 is 0 Å². The van der Waals surface area contributed by atoms with Crippen molar-refractivity contribution in [3.63, 3.8) is 0 Å². The smallest absolute Gasteiger partial charge is 0.0930 e. The van der Waals surface area contributed by atoms with Crippen LogP contribution in [-0.2, 0) is 5.41 Å². The van der Waals surface area contributed by atoms with Crippen LogP contribution in [0.5, 0.6) is 0 Å². The van der Waals surface area contributed by atoms with Gasteiger partial charge in [0, 0.05) is 11.0 Å². The zero-order chi connectivity index (χ0) is 14.9. The maximum absolute atomic E-state index is 4.83. The Hall–Kier alpha value is -2.35. The normalized spacial score (nSPS) is 11.6. The summed E-state index contributed by atoms with van der Waals surface area (Å²) in [6.07, 6.45) is 0. The van der Waals surface area contributed by atoms with Crippen molar-refractivity contribution in [3.8, 4) is 16.9 Å².